The zero-order chi connectivity index (χ0) is 24.2. The van der Waals surface area contributed by atoms with Crippen molar-refractivity contribution < 1.29 is 18.0 Å². The molecule has 1 aromatic rings. The van der Waals surface area contributed by atoms with E-state index in [4.69, 9.17) is 0 Å². The van der Waals surface area contributed by atoms with Crippen LogP contribution in [0.3, 0.4) is 0 Å². The Labute approximate surface area is 193 Å². The van der Waals surface area contributed by atoms with Gasteiger partial charge >= 0.3 is 6.18 Å². The second-order valence-corrected chi connectivity index (χ2v) is 8.66. The second-order valence-electron chi connectivity index (χ2n) is 8.66. The summed E-state index contributed by atoms with van der Waals surface area (Å²) in [6.45, 7) is 13.2. The molecule has 1 aliphatic carbocycles. The van der Waals surface area contributed by atoms with Gasteiger partial charge in [-0.25, -0.2) is 4.98 Å². The molecule has 178 valence electrons. The number of likely N-dealkylation sites (tertiary alicyclic amines) is 1. The molecule has 3 rings (SSSR count). The maximum Gasteiger partial charge on any atom is 0.417 e. The molecule has 0 unspecified atom stereocenters. The van der Waals surface area contributed by atoms with Gasteiger partial charge in [-0.05, 0) is 58.0 Å². The summed E-state index contributed by atoms with van der Waals surface area (Å²) >= 11 is 0. The van der Waals surface area contributed by atoms with E-state index in [0.29, 0.717) is 17.0 Å². The number of halogens is 3. The quantitative estimate of drug-likeness (QED) is 0.570. The smallest absolute Gasteiger partial charge is 0.382 e. The van der Waals surface area contributed by atoms with Gasteiger partial charge in [-0.15, -0.1) is 0 Å². The van der Waals surface area contributed by atoms with Crippen molar-refractivity contribution in [1.82, 2.24) is 20.5 Å². The van der Waals surface area contributed by atoms with E-state index in [0.717, 1.165) is 38.8 Å². The Kier molecular flexibility index (Phi) is 7.79. The van der Waals surface area contributed by atoms with Crippen molar-refractivity contribution >= 4 is 29.3 Å². The maximum atomic E-state index is 13.5. The molecule has 0 atom stereocenters. The summed E-state index contributed by atoms with van der Waals surface area (Å²) in [7, 11) is 2.06. The van der Waals surface area contributed by atoms with Crippen LogP contribution in [0.2, 0.25) is 0 Å². The lowest BCUT2D eigenvalue weighted by Crippen LogP contribution is -2.40. The summed E-state index contributed by atoms with van der Waals surface area (Å²) < 4.78 is 40.6. The van der Waals surface area contributed by atoms with Crippen LogP contribution in [-0.2, 0) is 4.79 Å². The fraction of sp³-hybridized carbons (Fsp3) is 0.440. The molecule has 1 amide bonds. The van der Waals surface area contributed by atoms with Crippen LogP contribution >= 0.6 is 0 Å². The predicted molar refractivity (Wildman–Crippen MR) is 127 cm³/mol. The van der Waals surface area contributed by atoms with Gasteiger partial charge in [0.1, 0.15) is 0 Å². The van der Waals surface area contributed by atoms with Gasteiger partial charge < -0.3 is 15.5 Å². The molecule has 0 bridgehead atoms. The number of nitrogens with one attached hydrogen (secondary N) is 2. The van der Waals surface area contributed by atoms with E-state index in [2.05, 4.69) is 47.3 Å². The van der Waals surface area contributed by atoms with Crippen LogP contribution in [0.15, 0.2) is 31.9 Å². The number of hydrogen-bond donors (Lipinski definition) is 2. The van der Waals surface area contributed by atoms with Gasteiger partial charge in [0, 0.05) is 35.3 Å². The molecular formula is C25H31F3N4O. The number of allylic oxidation sites excluding steroid dienone is 1. The minimum atomic E-state index is -4.63. The van der Waals surface area contributed by atoms with Gasteiger partial charge in [-0.2, -0.15) is 13.2 Å². The van der Waals surface area contributed by atoms with Crippen LogP contribution in [0, 0.1) is 5.92 Å². The molecule has 1 saturated carbocycles. The monoisotopic (exact) mass is 460 g/mol. The molecule has 2 heterocycles. The lowest BCUT2D eigenvalue weighted by Gasteiger charge is -2.31. The second kappa shape index (κ2) is 10.4. The highest BCUT2D eigenvalue weighted by molar-refractivity contribution is 5.82. The number of amides is 1. The first-order valence-electron chi connectivity index (χ1n) is 11.1. The van der Waals surface area contributed by atoms with Crippen molar-refractivity contribution in [2.75, 3.05) is 26.7 Å². The van der Waals surface area contributed by atoms with E-state index in [1.807, 2.05) is 0 Å². The van der Waals surface area contributed by atoms with E-state index in [-0.39, 0.29) is 35.7 Å². The Morgan fingerprint density at radius 3 is 2.48 bits per heavy atom. The molecule has 1 aromatic heterocycles. The maximum absolute atomic E-state index is 13.5. The van der Waals surface area contributed by atoms with E-state index in [9.17, 15) is 18.0 Å². The van der Waals surface area contributed by atoms with E-state index >= 15 is 0 Å². The van der Waals surface area contributed by atoms with E-state index in [1.54, 1.807) is 18.2 Å². The summed E-state index contributed by atoms with van der Waals surface area (Å²) in [6.07, 6.45) is 3.63. The van der Waals surface area contributed by atoms with Crippen LogP contribution < -0.4 is 10.6 Å². The highest BCUT2D eigenvalue weighted by Gasteiger charge is 2.36. The zero-order valence-corrected chi connectivity index (χ0v) is 19.0. The molecular weight excluding hydrogens is 429 g/mol. The van der Waals surface area contributed by atoms with Crippen molar-refractivity contribution in [3.05, 3.63) is 54.4 Å². The molecule has 2 aliphatic rings. The summed E-state index contributed by atoms with van der Waals surface area (Å²) in [5.41, 5.74) is 0.270. The lowest BCUT2D eigenvalue weighted by atomic mass is 9.97. The third kappa shape index (κ3) is 6.57. The standard InChI is InChI=1S/C25H31F3N4O/c1-5-21-22(17(3)30-19-10-13-32(4)14-11-19)15-20(31-23(21)16(2)25(26,27)28)7-6-12-29-24(33)18-8-9-18/h5-7,15,18-19,30H,1-3,8-14H2,4H3,(H,29,33)/b7-6+. The number of pyridine rings is 1. The van der Waals surface area contributed by atoms with Gasteiger partial charge in [-0.3, -0.25) is 4.79 Å². The fourth-order valence-electron chi connectivity index (χ4n) is 3.79. The number of aromatic nitrogens is 1. The number of carbonyl (C=O) groups is 1. The predicted octanol–water partition coefficient (Wildman–Crippen LogP) is 4.49. The van der Waals surface area contributed by atoms with Crippen LogP contribution in [0.1, 0.15) is 48.2 Å². The van der Waals surface area contributed by atoms with Crippen molar-refractivity contribution in [2.45, 2.75) is 37.9 Å². The molecule has 5 nitrogen and oxygen atoms in total. The van der Waals surface area contributed by atoms with Gasteiger partial charge in [0.2, 0.25) is 5.91 Å². The summed E-state index contributed by atoms with van der Waals surface area (Å²) in [5.74, 6) is 0.0860. The number of alkyl halides is 3. The lowest BCUT2D eigenvalue weighted by molar-refractivity contribution is -0.122. The van der Waals surface area contributed by atoms with Crippen molar-refractivity contribution in [1.29, 1.82) is 0 Å². The molecule has 2 N–H and O–H groups in total. The topological polar surface area (TPSA) is 57.3 Å². The molecule has 8 heteroatoms. The molecule has 0 spiro atoms. The van der Waals surface area contributed by atoms with Gasteiger partial charge in [0.25, 0.3) is 0 Å². The number of nitrogens with zero attached hydrogens (tertiary/aromatic N) is 2. The normalized spacial score (nSPS) is 17.7. The first-order valence-corrected chi connectivity index (χ1v) is 11.1. The summed E-state index contributed by atoms with van der Waals surface area (Å²) in [5, 5.41) is 6.17. The average molecular weight is 461 g/mol. The highest BCUT2D eigenvalue weighted by atomic mass is 19.4. The average Bonchev–Trinajstić information content (AvgIpc) is 3.62. The minimum absolute atomic E-state index is 0.00264. The minimum Gasteiger partial charge on any atom is -0.382 e. The van der Waals surface area contributed by atoms with Gasteiger partial charge in [0.05, 0.1) is 17.0 Å². The highest BCUT2D eigenvalue weighted by Crippen LogP contribution is 2.36. The number of piperidine rings is 1. The van der Waals surface area contributed by atoms with Crippen LogP contribution in [0.4, 0.5) is 13.2 Å². The first-order chi connectivity index (χ1) is 15.6. The van der Waals surface area contributed by atoms with Crippen LogP contribution in [0.5, 0.6) is 0 Å². The Morgan fingerprint density at radius 2 is 1.91 bits per heavy atom. The molecule has 1 aliphatic heterocycles. The zero-order valence-electron chi connectivity index (χ0n) is 19.0. The van der Waals surface area contributed by atoms with Gasteiger partial charge in [0.15, 0.2) is 0 Å². The summed E-state index contributed by atoms with van der Waals surface area (Å²) in [6, 6.07) is 1.87. The van der Waals surface area contributed by atoms with Crippen molar-refractivity contribution in [2.24, 2.45) is 5.92 Å². The Bertz CT molecular complexity index is 955. The molecule has 0 aromatic carbocycles. The first kappa shape index (κ1) is 24.8. The SMILES string of the molecule is C=Cc1c(C(=C)NC2CCN(C)CC2)cc(/C=C/CNC(=O)C2CC2)nc1C(=C)C(F)(F)F. The van der Waals surface area contributed by atoms with Gasteiger partial charge in [-0.1, -0.05) is 31.9 Å². The van der Waals surface area contributed by atoms with Crippen molar-refractivity contribution in [3.8, 4) is 0 Å². The van der Waals surface area contributed by atoms with Crippen LogP contribution in [-0.4, -0.2) is 54.7 Å². The Hall–Kier alpha value is -2.87. The number of carbonyl (C=O) groups excluding carboxylic acids is 1. The molecule has 1 saturated heterocycles. The van der Waals surface area contributed by atoms with E-state index in [1.165, 1.54) is 6.08 Å². The Balaban J connectivity index is 1.87. The Morgan fingerprint density at radius 1 is 1.24 bits per heavy atom. The third-order valence-corrected chi connectivity index (χ3v) is 5.96. The molecule has 2 fully saturated rings. The van der Waals surface area contributed by atoms with E-state index < -0.39 is 11.7 Å². The third-order valence-electron chi connectivity index (χ3n) is 5.96. The summed E-state index contributed by atoms with van der Waals surface area (Å²) in [4.78, 5) is 18.2. The number of hydrogen-bond acceptors (Lipinski definition) is 4. The molecule has 0 radical (unpaired) electrons. The van der Waals surface area contributed by atoms with Crippen LogP contribution in [0.25, 0.3) is 23.4 Å². The number of rotatable bonds is 9. The largest absolute Gasteiger partial charge is 0.417 e. The van der Waals surface area contributed by atoms with Crippen molar-refractivity contribution in [3.63, 3.8) is 0 Å². The fourth-order valence-corrected chi connectivity index (χ4v) is 3.79. The molecule has 33 heavy (non-hydrogen) atoms.